The van der Waals surface area contributed by atoms with Gasteiger partial charge in [0.05, 0.1) is 6.54 Å². The van der Waals surface area contributed by atoms with Crippen molar-refractivity contribution in [3.8, 4) is 0 Å². The number of aromatic nitrogens is 2. The molecule has 1 heterocycles. The molecule has 1 aromatic heterocycles. The quantitative estimate of drug-likeness (QED) is 0.802. The van der Waals surface area contributed by atoms with Crippen LogP contribution in [-0.2, 0) is 24.3 Å². The van der Waals surface area contributed by atoms with E-state index in [1.807, 2.05) is 37.3 Å². The minimum atomic E-state index is -0.436. The third-order valence-electron chi connectivity index (χ3n) is 3.18. The molecule has 0 N–H and O–H groups in total. The summed E-state index contributed by atoms with van der Waals surface area (Å²) in [7, 11) is 0. The Hall–Kier alpha value is -2.43. The van der Waals surface area contributed by atoms with Gasteiger partial charge in [-0.2, -0.15) is 0 Å². The lowest BCUT2D eigenvalue weighted by Gasteiger charge is -2.08. The topological polar surface area (TPSA) is 61.1 Å². The van der Waals surface area contributed by atoms with Gasteiger partial charge in [-0.05, 0) is 12.0 Å². The molecule has 2 rings (SSSR count). The maximum atomic E-state index is 12.1. The monoisotopic (exact) mass is 286 g/mol. The Morgan fingerprint density at radius 3 is 2.48 bits per heavy atom. The summed E-state index contributed by atoms with van der Waals surface area (Å²) in [6.45, 7) is 2.30. The lowest BCUT2D eigenvalue weighted by atomic mass is 10.1. The van der Waals surface area contributed by atoms with Crippen LogP contribution in [0.1, 0.15) is 18.9 Å². The first-order chi connectivity index (χ1) is 10.1. The van der Waals surface area contributed by atoms with Crippen molar-refractivity contribution in [3.63, 3.8) is 0 Å². The Labute approximate surface area is 122 Å². The molecule has 0 fully saturated rings. The normalized spacial score (nSPS) is 10.5. The van der Waals surface area contributed by atoms with Gasteiger partial charge in [-0.25, -0.2) is 4.79 Å². The summed E-state index contributed by atoms with van der Waals surface area (Å²) < 4.78 is 2.46. The van der Waals surface area contributed by atoms with E-state index in [2.05, 4.69) is 0 Å². The van der Waals surface area contributed by atoms with Crippen LogP contribution in [0.4, 0.5) is 0 Å². The third kappa shape index (κ3) is 3.78. The molecule has 5 heteroatoms. The molecule has 0 aliphatic rings. The van der Waals surface area contributed by atoms with Gasteiger partial charge in [0.1, 0.15) is 0 Å². The first kappa shape index (κ1) is 15.0. The number of hydrogen-bond donors (Lipinski definition) is 0. The number of hydrogen-bond acceptors (Lipinski definition) is 3. The van der Waals surface area contributed by atoms with Crippen molar-refractivity contribution in [1.29, 1.82) is 0 Å². The van der Waals surface area contributed by atoms with Gasteiger partial charge in [0.2, 0.25) is 0 Å². The minimum absolute atomic E-state index is 0.158. The predicted molar refractivity (Wildman–Crippen MR) is 80.4 cm³/mol. The molecular weight excluding hydrogens is 268 g/mol. The molecular formula is C16H18N2O3. The third-order valence-corrected chi connectivity index (χ3v) is 3.18. The summed E-state index contributed by atoms with van der Waals surface area (Å²) >= 11 is 0. The molecule has 5 nitrogen and oxygen atoms in total. The van der Waals surface area contributed by atoms with E-state index in [1.54, 1.807) is 0 Å². The van der Waals surface area contributed by atoms with E-state index in [1.165, 1.54) is 16.8 Å². The van der Waals surface area contributed by atoms with Gasteiger partial charge in [0.15, 0.2) is 5.78 Å². The van der Waals surface area contributed by atoms with Crippen molar-refractivity contribution in [2.45, 2.75) is 32.9 Å². The second-order valence-electron chi connectivity index (χ2n) is 4.92. The van der Waals surface area contributed by atoms with Crippen LogP contribution in [0.15, 0.2) is 52.2 Å². The van der Waals surface area contributed by atoms with Crippen LogP contribution < -0.4 is 11.2 Å². The number of nitrogens with zero attached hydrogens (tertiary/aromatic N) is 2. The van der Waals surface area contributed by atoms with Gasteiger partial charge in [-0.3, -0.25) is 14.2 Å². The number of rotatable bonds is 6. The van der Waals surface area contributed by atoms with E-state index in [0.717, 1.165) is 16.6 Å². The summed E-state index contributed by atoms with van der Waals surface area (Å²) in [6, 6.07) is 10.6. The fourth-order valence-electron chi connectivity index (χ4n) is 2.17. The first-order valence-corrected chi connectivity index (χ1v) is 6.97. The van der Waals surface area contributed by atoms with Crippen molar-refractivity contribution < 1.29 is 4.79 Å². The SMILES string of the molecule is CCCn1ccc(=O)n(CC(=O)Cc2ccccc2)c1=O. The average Bonchev–Trinajstić information content (AvgIpc) is 2.48. The van der Waals surface area contributed by atoms with Gasteiger partial charge in [-0.1, -0.05) is 37.3 Å². The van der Waals surface area contributed by atoms with Crippen LogP contribution in [0.3, 0.4) is 0 Å². The van der Waals surface area contributed by atoms with Crippen LogP contribution in [0.25, 0.3) is 0 Å². The standard InChI is InChI=1S/C16H18N2O3/c1-2-9-17-10-8-15(20)18(16(17)21)12-14(19)11-13-6-4-3-5-7-13/h3-8,10H,2,9,11-12H2,1H3. The first-order valence-electron chi connectivity index (χ1n) is 6.97. The number of carbonyl (C=O) groups is 1. The number of benzene rings is 1. The zero-order chi connectivity index (χ0) is 15.2. The van der Waals surface area contributed by atoms with E-state index in [9.17, 15) is 14.4 Å². The molecule has 0 saturated heterocycles. The van der Waals surface area contributed by atoms with Crippen molar-refractivity contribution in [1.82, 2.24) is 9.13 Å². The maximum absolute atomic E-state index is 12.1. The molecule has 0 aliphatic heterocycles. The van der Waals surface area contributed by atoms with E-state index in [-0.39, 0.29) is 18.7 Å². The highest BCUT2D eigenvalue weighted by Crippen LogP contribution is 2.00. The zero-order valence-corrected chi connectivity index (χ0v) is 12.0. The number of aryl methyl sites for hydroxylation is 1. The van der Waals surface area contributed by atoms with Crippen molar-refractivity contribution in [2.75, 3.05) is 0 Å². The fourth-order valence-corrected chi connectivity index (χ4v) is 2.17. The van der Waals surface area contributed by atoms with Gasteiger partial charge in [-0.15, -0.1) is 0 Å². The van der Waals surface area contributed by atoms with Crippen LogP contribution >= 0.6 is 0 Å². The molecule has 0 spiro atoms. The highest BCUT2D eigenvalue weighted by Gasteiger charge is 2.10. The van der Waals surface area contributed by atoms with Gasteiger partial charge in [0, 0.05) is 25.2 Å². The highest BCUT2D eigenvalue weighted by molar-refractivity contribution is 5.80. The van der Waals surface area contributed by atoms with Crippen LogP contribution in [0.2, 0.25) is 0 Å². The molecule has 0 radical (unpaired) electrons. The van der Waals surface area contributed by atoms with Gasteiger partial charge in [0.25, 0.3) is 5.56 Å². The lowest BCUT2D eigenvalue weighted by molar-refractivity contribution is -0.119. The molecule has 0 amide bonds. The smallest absolute Gasteiger partial charge is 0.300 e. The second kappa shape index (κ2) is 6.83. The van der Waals surface area contributed by atoms with E-state index >= 15 is 0 Å². The molecule has 2 aromatic rings. The van der Waals surface area contributed by atoms with Crippen molar-refractivity contribution in [2.24, 2.45) is 0 Å². The van der Waals surface area contributed by atoms with Crippen LogP contribution in [0, 0.1) is 0 Å². The highest BCUT2D eigenvalue weighted by atomic mass is 16.2. The Morgan fingerprint density at radius 2 is 1.81 bits per heavy atom. The molecule has 0 aliphatic carbocycles. The molecule has 0 atom stereocenters. The Morgan fingerprint density at radius 1 is 1.10 bits per heavy atom. The number of ketones is 1. The Bertz CT molecular complexity index is 729. The molecule has 0 unspecified atom stereocenters. The van der Waals surface area contributed by atoms with E-state index in [4.69, 9.17) is 0 Å². The molecule has 1 aromatic carbocycles. The van der Waals surface area contributed by atoms with Crippen molar-refractivity contribution >= 4 is 5.78 Å². The molecule has 0 bridgehead atoms. The number of Topliss-reactive ketones (excluding diaryl/α,β-unsaturated/α-hetero) is 1. The lowest BCUT2D eigenvalue weighted by Crippen LogP contribution is -2.40. The van der Waals surface area contributed by atoms with Crippen molar-refractivity contribution in [3.05, 3.63) is 69.0 Å². The molecule has 0 saturated carbocycles. The average molecular weight is 286 g/mol. The second-order valence-corrected chi connectivity index (χ2v) is 4.92. The predicted octanol–water partition coefficient (Wildman–Crippen LogP) is 1.23. The molecule has 110 valence electrons. The summed E-state index contributed by atoms with van der Waals surface area (Å²) in [5.41, 5.74) is 0.0138. The zero-order valence-electron chi connectivity index (χ0n) is 12.0. The van der Waals surface area contributed by atoms with E-state index in [0.29, 0.717) is 6.54 Å². The van der Waals surface area contributed by atoms with Gasteiger partial charge >= 0.3 is 5.69 Å². The Kier molecular flexibility index (Phi) is 4.87. The Balaban J connectivity index is 2.19. The van der Waals surface area contributed by atoms with Crippen LogP contribution in [-0.4, -0.2) is 14.9 Å². The van der Waals surface area contributed by atoms with Gasteiger partial charge < -0.3 is 4.57 Å². The largest absolute Gasteiger partial charge is 0.331 e. The molecule has 21 heavy (non-hydrogen) atoms. The summed E-state index contributed by atoms with van der Waals surface area (Å²) in [5, 5.41) is 0. The maximum Gasteiger partial charge on any atom is 0.331 e. The minimum Gasteiger partial charge on any atom is -0.300 e. The summed E-state index contributed by atoms with van der Waals surface area (Å²) in [5.74, 6) is -0.158. The van der Waals surface area contributed by atoms with Crippen LogP contribution in [0.5, 0.6) is 0 Å². The fraction of sp³-hybridized carbons (Fsp3) is 0.312. The summed E-state index contributed by atoms with van der Waals surface area (Å²) in [6.07, 6.45) is 2.48. The number of carbonyl (C=O) groups excluding carboxylic acids is 1. The van der Waals surface area contributed by atoms with E-state index < -0.39 is 11.2 Å². The summed E-state index contributed by atoms with van der Waals surface area (Å²) in [4.78, 5) is 36.0.